The standard InChI is InChI=1S/C12H13ClIN3O/c1-5(2)10-9(14)11(13)16-12(15-10)8-6(3)17-18-7(8)4/h5H,1-4H3. The highest BCUT2D eigenvalue weighted by atomic mass is 127. The van der Waals surface area contributed by atoms with Gasteiger partial charge in [0.1, 0.15) is 10.9 Å². The maximum Gasteiger partial charge on any atom is 0.166 e. The summed E-state index contributed by atoms with van der Waals surface area (Å²) in [7, 11) is 0. The van der Waals surface area contributed by atoms with E-state index in [0.717, 1.165) is 20.5 Å². The number of nitrogens with zero attached hydrogens (tertiary/aromatic N) is 3. The van der Waals surface area contributed by atoms with E-state index in [4.69, 9.17) is 16.1 Å². The lowest BCUT2D eigenvalue weighted by molar-refractivity contribution is 0.393. The molecule has 0 amide bonds. The van der Waals surface area contributed by atoms with E-state index in [2.05, 4.69) is 51.6 Å². The van der Waals surface area contributed by atoms with Gasteiger partial charge in [-0.2, -0.15) is 0 Å². The molecule has 0 aliphatic rings. The van der Waals surface area contributed by atoms with E-state index in [1.807, 2.05) is 13.8 Å². The van der Waals surface area contributed by atoms with Crippen LogP contribution in [0.1, 0.15) is 36.9 Å². The molecular weight excluding hydrogens is 365 g/mol. The minimum Gasteiger partial charge on any atom is -0.361 e. The molecular formula is C12H13ClIN3O. The molecule has 0 bridgehead atoms. The van der Waals surface area contributed by atoms with Gasteiger partial charge in [0.05, 0.1) is 20.5 Å². The molecule has 0 aliphatic heterocycles. The van der Waals surface area contributed by atoms with Crippen molar-refractivity contribution in [3.63, 3.8) is 0 Å². The van der Waals surface area contributed by atoms with Crippen molar-refractivity contribution in [2.24, 2.45) is 0 Å². The van der Waals surface area contributed by atoms with Crippen LogP contribution >= 0.6 is 34.2 Å². The number of hydrogen-bond donors (Lipinski definition) is 0. The Kier molecular flexibility index (Phi) is 3.91. The third kappa shape index (κ3) is 2.38. The van der Waals surface area contributed by atoms with Crippen LogP contribution in [0, 0.1) is 17.4 Å². The number of aryl methyl sites for hydroxylation is 2. The Bertz CT molecular complexity index is 576. The van der Waals surface area contributed by atoms with Crippen LogP contribution in [0.3, 0.4) is 0 Å². The van der Waals surface area contributed by atoms with E-state index in [9.17, 15) is 0 Å². The van der Waals surface area contributed by atoms with E-state index in [1.54, 1.807) is 0 Å². The Morgan fingerprint density at radius 3 is 2.39 bits per heavy atom. The molecule has 0 aliphatic carbocycles. The molecule has 0 N–H and O–H groups in total. The number of aromatic nitrogens is 3. The zero-order chi connectivity index (χ0) is 13.4. The Balaban J connectivity index is 2.67. The molecule has 0 unspecified atom stereocenters. The molecule has 96 valence electrons. The lowest BCUT2D eigenvalue weighted by Crippen LogP contribution is -2.03. The predicted octanol–water partition coefficient (Wildman–Crippen LogP) is 4.13. The van der Waals surface area contributed by atoms with Crippen LogP contribution in [0.2, 0.25) is 5.15 Å². The zero-order valence-electron chi connectivity index (χ0n) is 10.6. The number of hydrogen-bond acceptors (Lipinski definition) is 4. The molecule has 0 saturated carbocycles. The first-order chi connectivity index (χ1) is 8.41. The molecule has 4 nitrogen and oxygen atoms in total. The van der Waals surface area contributed by atoms with Crippen molar-refractivity contribution in [3.05, 3.63) is 25.9 Å². The third-order valence-electron chi connectivity index (χ3n) is 2.64. The fourth-order valence-corrected chi connectivity index (χ4v) is 2.77. The van der Waals surface area contributed by atoms with E-state index < -0.39 is 0 Å². The molecule has 0 fully saturated rings. The van der Waals surface area contributed by atoms with E-state index >= 15 is 0 Å². The maximum absolute atomic E-state index is 6.18. The average molecular weight is 378 g/mol. The Morgan fingerprint density at radius 2 is 1.89 bits per heavy atom. The lowest BCUT2D eigenvalue weighted by atomic mass is 10.1. The summed E-state index contributed by atoms with van der Waals surface area (Å²) in [6.45, 7) is 7.88. The van der Waals surface area contributed by atoms with Gasteiger partial charge in [0.15, 0.2) is 5.82 Å². The van der Waals surface area contributed by atoms with Crippen LogP contribution in [-0.4, -0.2) is 15.1 Å². The second kappa shape index (κ2) is 5.13. The van der Waals surface area contributed by atoms with Gasteiger partial charge in [-0.3, -0.25) is 0 Å². The molecule has 0 spiro atoms. The minimum absolute atomic E-state index is 0.289. The van der Waals surface area contributed by atoms with Crippen molar-refractivity contribution in [3.8, 4) is 11.4 Å². The molecule has 0 radical (unpaired) electrons. The topological polar surface area (TPSA) is 51.8 Å². The fourth-order valence-electron chi connectivity index (χ4n) is 1.73. The van der Waals surface area contributed by atoms with Gasteiger partial charge in [0, 0.05) is 0 Å². The summed E-state index contributed by atoms with van der Waals surface area (Å²) in [5, 5.41) is 4.40. The molecule has 2 rings (SSSR count). The van der Waals surface area contributed by atoms with E-state index in [0.29, 0.717) is 16.7 Å². The van der Waals surface area contributed by atoms with Crippen molar-refractivity contribution in [2.45, 2.75) is 33.6 Å². The zero-order valence-corrected chi connectivity index (χ0v) is 13.5. The minimum atomic E-state index is 0.289. The van der Waals surface area contributed by atoms with Crippen LogP contribution in [-0.2, 0) is 0 Å². The SMILES string of the molecule is Cc1noc(C)c1-c1nc(Cl)c(I)c(C(C)C)n1. The predicted molar refractivity (Wildman–Crippen MR) is 78.8 cm³/mol. The van der Waals surface area contributed by atoms with E-state index in [-0.39, 0.29) is 5.92 Å². The second-order valence-electron chi connectivity index (χ2n) is 4.39. The maximum atomic E-state index is 6.18. The van der Waals surface area contributed by atoms with Crippen LogP contribution in [0.5, 0.6) is 0 Å². The van der Waals surface area contributed by atoms with Gasteiger partial charge < -0.3 is 4.52 Å². The highest BCUT2D eigenvalue weighted by Gasteiger charge is 2.19. The van der Waals surface area contributed by atoms with Gasteiger partial charge in [-0.05, 0) is 42.4 Å². The van der Waals surface area contributed by atoms with Crippen LogP contribution in [0.25, 0.3) is 11.4 Å². The van der Waals surface area contributed by atoms with Gasteiger partial charge >= 0.3 is 0 Å². The molecule has 0 saturated heterocycles. The molecule has 6 heteroatoms. The van der Waals surface area contributed by atoms with Gasteiger partial charge in [0.2, 0.25) is 0 Å². The van der Waals surface area contributed by atoms with Gasteiger partial charge in [0.25, 0.3) is 0 Å². The summed E-state index contributed by atoms with van der Waals surface area (Å²) < 4.78 is 6.05. The molecule has 2 aromatic rings. The monoisotopic (exact) mass is 377 g/mol. The van der Waals surface area contributed by atoms with Crippen LogP contribution in [0.4, 0.5) is 0 Å². The highest BCUT2D eigenvalue weighted by molar-refractivity contribution is 14.1. The van der Waals surface area contributed by atoms with Gasteiger partial charge in [-0.25, -0.2) is 9.97 Å². The smallest absolute Gasteiger partial charge is 0.166 e. The van der Waals surface area contributed by atoms with Crippen molar-refractivity contribution >= 4 is 34.2 Å². The van der Waals surface area contributed by atoms with Crippen molar-refractivity contribution < 1.29 is 4.52 Å². The first-order valence-corrected chi connectivity index (χ1v) is 7.03. The van der Waals surface area contributed by atoms with Crippen LogP contribution < -0.4 is 0 Å². The first kappa shape index (κ1) is 13.7. The Hall–Kier alpha value is -0.690. The molecule has 2 heterocycles. The molecule has 2 aromatic heterocycles. The number of halogens is 2. The number of rotatable bonds is 2. The van der Waals surface area contributed by atoms with E-state index in [1.165, 1.54) is 0 Å². The van der Waals surface area contributed by atoms with Crippen LogP contribution in [0.15, 0.2) is 4.52 Å². The summed E-state index contributed by atoms with van der Waals surface area (Å²) in [5.41, 5.74) is 2.56. The fraction of sp³-hybridized carbons (Fsp3) is 0.417. The molecule has 18 heavy (non-hydrogen) atoms. The van der Waals surface area contributed by atoms with Gasteiger partial charge in [-0.15, -0.1) is 0 Å². The summed E-state index contributed by atoms with van der Waals surface area (Å²) in [4.78, 5) is 8.92. The Morgan fingerprint density at radius 1 is 1.22 bits per heavy atom. The quantitative estimate of drug-likeness (QED) is 0.583. The normalized spacial score (nSPS) is 11.3. The summed E-state index contributed by atoms with van der Waals surface area (Å²) in [5.74, 6) is 1.58. The average Bonchev–Trinajstić information content (AvgIpc) is 2.62. The third-order valence-corrected chi connectivity index (χ3v) is 4.30. The molecule has 0 aromatic carbocycles. The highest BCUT2D eigenvalue weighted by Crippen LogP contribution is 2.30. The van der Waals surface area contributed by atoms with Crippen molar-refractivity contribution in [1.29, 1.82) is 0 Å². The molecule has 0 atom stereocenters. The summed E-state index contributed by atoms with van der Waals surface area (Å²) in [6.07, 6.45) is 0. The lowest BCUT2D eigenvalue weighted by Gasteiger charge is -2.10. The second-order valence-corrected chi connectivity index (χ2v) is 5.83. The van der Waals surface area contributed by atoms with Gasteiger partial charge in [-0.1, -0.05) is 30.6 Å². The van der Waals surface area contributed by atoms with Crippen molar-refractivity contribution in [2.75, 3.05) is 0 Å². The summed E-state index contributed by atoms with van der Waals surface area (Å²) >= 11 is 8.35. The largest absolute Gasteiger partial charge is 0.361 e. The Labute approximate surface area is 124 Å². The summed E-state index contributed by atoms with van der Waals surface area (Å²) in [6, 6.07) is 0. The first-order valence-electron chi connectivity index (χ1n) is 5.58. The van der Waals surface area contributed by atoms with Crippen molar-refractivity contribution in [1.82, 2.24) is 15.1 Å².